The molecule has 3 heterocycles. The summed E-state index contributed by atoms with van der Waals surface area (Å²) < 4.78 is 0. The van der Waals surface area contributed by atoms with Crippen LogP contribution in [-0.2, 0) is 17.6 Å². The minimum Gasteiger partial charge on any atom is -0.342 e. The molecule has 5 nitrogen and oxygen atoms in total. The lowest BCUT2D eigenvalue weighted by atomic mass is 9.74. The molecule has 1 aliphatic carbocycles. The van der Waals surface area contributed by atoms with E-state index in [4.69, 9.17) is 0 Å². The van der Waals surface area contributed by atoms with Gasteiger partial charge in [-0.25, -0.2) is 0 Å². The molecule has 2 aliphatic rings. The first-order valence-corrected chi connectivity index (χ1v) is 9.43. The first kappa shape index (κ1) is 16.3. The van der Waals surface area contributed by atoms with E-state index in [1.807, 2.05) is 18.3 Å². The number of pyridine rings is 1. The highest BCUT2D eigenvalue weighted by molar-refractivity contribution is 5.82. The van der Waals surface area contributed by atoms with Crippen LogP contribution in [0.3, 0.4) is 0 Å². The fraction of sp³-hybridized carbons (Fsp3) is 0.550. The summed E-state index contributed by atoms with van der Waals surface area (Å²) in [4.78, 5) is 19.4. The van der Waals surface area contributed by atoms with E-state index in [2.05, 4.69) is 27.0 Å². The Morgan fingerprint density at radius 2 is 2.00 bits per heavy atom. The minimum atomic E-state index is -0.152. The summed E-state index contributed by atoms with van der Waals surface area (Å²) in [5.41, 5.74) is 4.29. The van der Waals surface area contributed by atoms with E-state index in [1.54, 1.807) is 6.20 Å². The van der Waals surface area contributed by atoms with Crippen molar-refractivity contribution in [1.82, 2.24) is 20.1 Å². The van der Waals surface area contributed by atoms with Gasteiger partial charge in [0, 0.05) is 54.1 Å². The Bertz CT molecular complexity index is 746. The Hall–Kier alpha value is -2.17. The molecule has 0 spiro atoms. The number of hydrogen-bond donors (Lipinski definition) is 1. The molecule has 4 rings (SSSR count). The van der Waals surface area contributed by atoms with Crippen LogP contribution < -0.4 is 0 Å². The number of nitrogens with zero attached hydrogens (tertiary/aromatic N) is 3. The number of nitrogens with one attached hydrogen (secondary N) is 1. The third-order valence-corrected chi connectivity index (χ3v) is 5.91. The number of fused-ring (bicyclic) bond motifs is 1. The van der Waals surface area contributed by atoms with Crippen molar-refractivity contribution >= 4 is 5.91 Å². The van der Waals surface area contributed by atoms with E-state index in [9.17, 15) is 4.79 Å². The second-order valence-corrected chi connectivity index (χ2v) is 7.68. The summed E-state index contributed by atoms with van der Waals surface area (Å²) in [5.74, 6) is 0.355. The summed E-state index contributed by atoms with van der Waals surface area (Å²) in [6, 6.07) is 3.98. The third kappa shape index (κ3) is 3.08. The van der Waals surface area contributed by atoms with Gasteiger partial charge in [-0.1, -0.05) is 26.2 Å². The number of H-pyrrole nitrogens is 1. The van der Waals surface area contributed by atoms with Crippen molar-refractivity contribution in [3.8, 4) is 11.3 Å². The van der Waals surface area contributed by atoms with Gasteiger partial charge in [-0.2, -0.15) is 5.10 Å². The molecule has 1 N–H and O–H groups in total. The van der Waals surface area contributed by atoms with Crippen molar-refractivity contribution < 1.29 is 4.79 Å². The van der Waals surface area contributed by atoms with Crippen molar-refractivity contribution in [1.29, 1.82) is 0 Å². The van der Waals surface area contributed by atoms with Crippen molar-refractivity contribution in [3.05, 3.63) is 35.8 Å². The molecule has 0 radical (unpaired) electrons. The number of rotatable bonds is 2. The molecule has 1 aliphatic heterocycles. The maximum atomic E-state index is 13.1. The third-order valence-electron chi connectivity index (χ3n) is 5.91. The second-order valence-electron chi connectivity index (χ2n) is 7.68. The SMILES string of the molecule is CC1(C(=O)N2CCc3[nH]nc(-c4cccnc4)c3CC2)CCCCC1. The molecular formula is C20H26N4O. The Kier molecular flexibility index (Phi) is 4.32. The van der Waals surface area contributed by atoms with E-state index in [-0.39, 0.29) is 5.41 Å². The highest BCUT2D eigenvalue weighted by Crippen LogP contribution is 2.38. The molecule has 2 aromatic heterocycles. The van der Waals surface area contributed by atoms with Crippen LogP contribution in [0.15, 0.2) is 24.5 Å². The normalized spacial score (nSPS) is 20.0. The molecule has 1 fully saturated rings. The summed E-state index contributed by atoms with van der Waals surface area (Å²) in [7, 11) is 0. The molecule has 5 heteroatoms. The zero-order valence-corrected chi connectivity index (χ0v) is 14.9. The lowest BCUT2D eigenvalue weighted by molar-refractivity contribution is -0.143. The van der Waals surface area contributed by atoms with Gasteiger partial charge < -0.3 is 4.90 Å². The van der Waals surface area contributed by atoms with Crippen LogP contribution in [0.5, 0.6) is 0 Å². The summed E-state index contributed by atoms with van der Waals surface area (Å²) in [6.45, 7) is 3.74. The molecular weight excluding hydrogens is 312 g/mol. The number of aromatic nitrogens is 3. The number of hydrogen-bond acceptors (Lipinski definition) is 3. The maximum absolute atomic E-state index is 13.1. The zero-order chi connectivity index (χ0) is 17.3. The summed E-state index contributed by atoms with van der Waals surface area (Å²) >= 11 is 0. The molecule has 0 atom stereocenters. The average Bonchev–Trinajstić information content (AvgIpc) is 2.94. The molecule has 1 amide bonds. The maximum Gasteiger partial charge on any atom is 0.228 e. The molecule has 132 valence electrons. The van der Waals surface area contributed by atoms with Gasteiger partial charge in [-0.15, -0.1) is 0 Å². The molecule has 1 saturated carbocycles. The van der Waals surface area contributed by atoms with Gasteiger partial charge in [0.1, 0.15) is 0 Å². The Balaban J connectivity index is 1.53. The summed E-state index contributed by atoms with van der Waals surface area (Å²) in [6.07, 6.45) is 11.1. The van der Waals surface area contributed by atoms with Crippen LogP contribution in [-0.4, -0.2) is 39.1 Å². The largest absolute Gasteiger partial charge is 0.342 e. The van der Waals surface area contributed by atoms with E-state index >= 15 is 0 Å². The molecule has 0 saturated heterocycles. The Morgan fingerprint density at radius 1 is 1.20 bits per heavy atom. The zero-order valence-electron chi connectivity index (χ0n) is 14.9. The van der Waals surface area contributed by atoms with Gasteiger partial charge in [0.25, 0.3) is 0 Å². The number of carbonyl (C=O) groups excluding carboxylic acids is 1. The lowest BCUT2D eigenvalue weighted by Gasteiger charge is -2.36. The van der Waals surface area contributed by atoms with Crippen LogP contribution >= 0.6 is 0 Å². The van der Waals surface area contributed by atoms with Crippen molar-refractivity contribution in [2.45, 2.75) is 51.9 Å². The first-order chi connectivity index (χ1) is 12.2. The van der Waals surface area contributed by atoms with Gasteiger partial charge in [0.15, 0.2) is 0 Å². The van der Waals surface area contributed by atoms with Crippen LogP contribution in [0.25, 0.3) is 11.3 Å². The number of aromatic amines is 1. The highest BCUT2D eigenvalue weighted by atomic mass is 16.2. The minimum absolute atomic E-state index is 0.152. The first-order valence-electron chi connectivity index (χ1n) is 9.43. The van der Waals surface area contributed by atoms with E-state index < -0.39 is 0 Å². The van der Waals surface area contributed by atoms with Gasteiger partial charge in [0.05, 0.1) is 5.69 Å². The van der Waals surface area contributed by atoms with Gasteiger partial charge in [-0.3, -0.25) is 14.9 Å². The van der Waals surface area contributed by atoms with Crippen LogP contribution in [0.1, 0.15) is 50.3 Å². The smallest absolute Gasteiger partial charge is 0.228 e. The number of amides is 1. The average molecular weight is 338 g/mol. The Morgan fingerprint density at radius 3 is 2.76 bits per heavy atom. The quantitative estimate of drug-likeness (QED) is 0.913. The summed E-state index contributed by atoms with van der Waals surface area (Å²) in [5, 5.41) is 7.71. The standard InChI is InChI=1S/C20H26N4O/c1-20(9-3-2-4-10-20)19(25)24-12-7-16-17(8-13-24)22-23-18(16)15-6-5-11-21-14-15/h5-6,11,14H,2-4,7-10,12-13H2,1H3,(H,22,23). The molecule has 0 unspecified atom stereocenters. The van der Waals surface area contributed by atoms with E-state index in [0.29, 0.717) is 5.91 Å². The van der Waals surface area contributed by atoms with Gasteiger partial charge in [-0.05, 0) is 31.4 Å². The monoisotopic (exact) mass is 338 g/mol. The topological polar surface area (TPSA) is 61.9 Å². The molecule has 25 heavy (non-hydrogen) atoms. The van der Waals surface area contributed by atoms with E-state index in [0.717, 1.165) is 50.0 Å². The molecule has 0 aromatic carbocycles. The Labute approximate surface area is 148 Å². The van der Waals surface area contributed by atoms with Gasteiger partial charge >= 0.3 is 0 Å². The molecule has 2 aromatic rings. The highest BCUT2D eigenvalue weighted by Gasteiger charge is 2.38. The van der Waals surface area contributed by atoms with Crippen LogP contribution in [0, 0.1) is 5.41 Å². The van der Waals surface area contributed by atoms with Crippen molar-refractivity contribution in [2.75, 3.05) is 13.1 Å². The van der Waals surface area contributed by atoms with Crippen LogP contribution in [0.2, 0.25) is 0 Å². The van der Waals surface area contributed by atoms with Gasteiger partial charge in [0.2, 0.25) is 5.91 Å². The predicted molar refractivity (Wildman–Crippen MR) is 97.0 cm³/mol. The lowest BCUT2D eigenvalue weighted by Crippen LogP contribution is -2.44. The number of carbonyl (C=O) groups is 1. The van der Waals surface area contributed by atoms with Crippen molar-refractivity contribution in [3.63, 3.8) is 0 Å². The second kappa shape index (κ2) is 6.62. The predicted octanol–water partition coefficient (Wildman–Crippen LogP) is 3.37. The van der Waals surface area contributed by atoms with Crippen molar-refractivity contribution in [2.24, 2.45) is 5.41 Å². The molecule has 0 bridgehead atoms. The fourth-order valence-electron chi connectivity index (χ4n) is 4.36. The fourth-order valence-corrected chi connectivity index (χ4v) is 4.36. The van der Waals surface area contributed by atoms with E-state index in [1.165, 1.54) is 30.5 Å². The van der Waals surface area contributed by atoms with Crippen LogP contribution in [0.4, 0.5) is 0 Å².